The fraction of sp³-hybridized carbons (Fsp3) is 0.706. The van der Waals surface area contributed by atoms with E-state index in [2.05, 4.69) is 10.00 Å². The van der Waals surface area contributed by atoms with Gasteiger partial charge in [-0.15, -0.1) is 0 Å². The number of anilines is 1. The zero-order chi connectivity index (χ0) is 17.1. The summed E-state index contributed by atoms with van der Waals surface area (Å²) in [4.78, 5) is 28.6. The predicted octanol–water partition coefficient (Wildman–Crippen LogP) is 1.20. The Morgan fingerprint density at radius 1 is 1.29 bits per heavy atom. The number of aryl methyl sites for hydroxylation is 2. The molecular formula is C17H26N4O3. The van der Waals surface area contributed by atoms with Crippen molar-refractivity contribution in [3.63, 3.8) is 0 Å². The van der Waals surface area contributed by atoms with Crippen LogP contribution in [0.15, 0.2) is 6.07 Å². The first-order valence-corrected chi connectivity index (χ1v) is 8.82. The second-order valence-corrected chi connectivity index (χ2v) is 6.57. The highest BCUT2D eigenvalue weighted by Gasteiger charge is 2.30. The van der Waals surface area contributed by atoms with Crippen molar-refractivity contribution in [1.82, 2.24) is 14.7 Å². The topological polar surface area (TPSA) is 67.7 Å². The molecule has 1 atom stereocenters. The number of carbonyl (C=O) groups is 2. The first-order valence-electron chi connectivity index (χ1n) is 8.82. The summed E-state index contributed by atoms with van der Waals surface area (Å²) in [5, 5.41) is 4.47. The van der Waals surface area contributed by atoms with Gasteiger partial charge < -0.3 is 14.5 Å². The number of ether oxygens (including phenoxy) is 1. The number of carbonyl (C=O) groups excluding carboxylic acids is 2. The zero-order valence-electron chi connectivity index (χ0n) is 14.5. The number of nitrogens with zero attached hydrogens (tertiary/aromatic N) is 4. The Labute approximate surface area is 142 Å². The van der Waals surface area contributed by atoms with Gasteiger partial charge >= 0.3 is 5.97 Å². The summed E-state index contributed by atoms with van der Waals surface area (Å²) in [5.74, 6) is 0.737. The molecule has 7 heteroatoms. The molecule has 0 aliphatic carbocycles. The Kier molecular flexibility index (Phi) is 5.06. The Bertz CT molecular complexity index is 613. The minimum atomic E-state index is -0.184. The molecule has 7 nitrogen and oxygen atoms in total. The van der Waals surface area contributed by atoms with E-state index in [1.807, 2.05) is 29.5 Å². The van der Waals surface area contributed by atoms with E-state index in [-0.39, 0.29) is 17.8 Å². The quantitative estimate of drug-likeness (QED) is 0.774. The van der Waals surface area contributed by atoms with Crippen LogP contribution in [0.5, 0.6) is 0 Å². The maximum Gasteiger partial charge on any atom is 0.310 e. The number of rotatable bonds is 4. The minimum Gasteiger partial charge on any atom is -0.466 e. The minimum absolute atomic E-state index is 0.0799. The number of amides is 1. The molecule has 0 saturated carbocycles. The monoisotopic (exact) mass is 334 g/mol. The molecule has 0 radical (unpaired) electrons. The molecule has 0 unspecified atom stereocenters. The maximum absolute atomic E-state index is 12.7. The van der Waals surface area contributed by atoms with Crippen molar-refractivity contribution < 1.29 is 14.3 Å². The smallest absolute Gasteiger partial charge is 0.310 e. The third kappa shape index (κ3) is 3.55. The molecular weight excluding hydrogens is 308 g/mol. The molecule has 3 rings (SSSR count). The molecule has 1 saturated heterocycles. The molecule has 2 aliphatic heterocycles. The number of piperidine rings is 1. The van der Waals surface area contributed by atoms with Gasteiger partial charge in [0.15, 0.2) is 0 Å². The lowest BCUT2D eigenvalue weighted by Gasteiger charge is -2.35. The van der Waals surface area contributed by atoms with E-state index in [1.54, 1.807) is 0 Å². The average Bonchev–Trinajstić information content (AvgIpc) is 2.96. The fourth-order valence-electron chi connectivity index (χ4n) is 3.56. The summed E-state index contributed by atoms with van der Waals surface area (Å²) in [7, 11) is 0. The third-order valence-corrected chi connectivity index (χ3v) is 4.72. The third-order valence-electron chi connectivity index (χ3n) is 4.72. The number of hydrogen-bond acceptors (Lipinski definition) is 5. The summed E-state index contributed by atoms with van der Waals surface area (Å²) in [6.45, 7) is 7.49. The van der Waals surface area contributed by atoms with E-state index in [0.29, 0.717) is 19.7 Å². The van der Waals surface area contributed by atoms with E-state index in [0.717, 1.165) is 50.4 Å². The van der Waals surface area contributed by atoms with Crippen LogP contribution in [0.3, 0.4) is 0 Å². The van der Waals surface area contributed by atoms with Crippen LogP contribution in [0.4, 0.5) is 5.82 Å². The van der Waals surface area contributed by atoms with Crippen LogP contribution >= 0.6 is 0 Å². The molecule has 1 aromatic rings. The van der Waals surface area contributed by atoms with E-state index >= 15 is 0 Å². The molecule has 1 aromatic heterocycles. The summed E-state index contributed by atoms with van der Waals surface area (Å²) in [6, 6.07) is 2.03. The second kappa shape index (κ2) is 7.23. The van der Waals surface area contributed by atoms with Gasteiger partial charge in [0.2, 0.25) is 5.91 Å². The van der Waals surface area contributed by atoms with Gasteiger partial charge in [-0.2, -0.15) is 5.10 Å². The Hall–Kier alpha value is -2.05. The van der Waals surface area contributed by atoms with E-state index in [4.69, 9.17) is 4.74 Å². The van der Waals surface area contributed by atoms with Crippen molar-refractivity contribution in [3.8, 4) is 0 Å². The Morgan fingerprint density at radius 3 is 2.92 bits per heavy atom. The molecule has 132 valence electrons. The Morgan fingerprint density at radius 2 is 2.12 bits per heavy atom. The summed E-state index contributed by atoms with van der Waals surface area (Å²) in [5.41, 5.74) is 0.977. The van der Waals surface area contributed by atoms with Crippen LogP contribution < -0.4 is 4.90 Å². The van der Waals surface area contributed by atoms with Crippen molar-refractivity contribution in [3.05, 3.63) is 11.8 Å². The SMILES string of the molecule is CCOC(=O)[C@H]1CCCN(C(=O)CN2CCCn3nc(C)cc32)C1. The lowest BCUT2D eigenvalue weighted by molar-refractivity contribution is -0.151. The van der Waals surface area contributed by atoms with Crippen molar-refractivity contribution >= 4 is 17.7 Å². The van der Waals surface area contributed by atoms with Gasteiger partial charge in [-0.25, -0.2) is 4.68 Å². The van der Waals surface area contributed by atoms with Crippen molar-refractivity contribution in [2.75, 3.05) is 37.7 Å². The highest BCUT2D eigenvalue weighted by molar-refractivity contribution is 5.82. The van der Waals surface area contributed by atoms with E-state index in [9.17, 15) is 9.59 Å². The van der Waals surface area contributed by atoms with Gasteiger partial charge in [0, 0.05) is 32.2 Å². The highest BCUT2D eigenvalue weighted by atomic mass is 16.5. The van der Waals surface area contributed by atoms with Crippen LogP contribution in [0.25, 0.3) is 0 Å². The molecule has 1 fully saturated rings. The number of fused-ring (bicyclic) bond motifs is 1. The van der Waals surface area contributed by atoms with Gasteiger partial charge in [0.1, 0.15) is 5.82 Å². The largest absolute Gasteiger partial charge is 0.466 e. The van der Waals surface area contributed by atoms with Crippen molar-refractivity contribution in [2.45, 2.75) is 39.7 Å². The van der Waals surface area contributed by atoms with Gasteiger partial charge in [-0.05, 0) is 33.1 Å². The molecule has 0 N–H and O–H groups in total. The predicted molar refractivity (Wildman–Crippen MR) is 89.7 cm³/mol. The first-order chi connectivity index (χ1) is 11.6. The fourth-order valence-corrected chi connectivity index (χ4v) is 3.56. The number of hydrogen-bond donors (Lipinski definition) is 0. The van der Waals surface area contributed by atoms with Gasteiger partial charge in [-0.3, -0.25) is 9.59 Å². The maximum atomic E-state index is 12.7. The van der Waals surface area contributed by atoms with Crippen LogP contribution in [0.1, 0.15) is 31.9 Å². The summed E-state index contributed by atoms with van der Waals surface area (Å²) in [6.07, 6.45) is 2.65. The molecule has 0 spiro atoms. The van der Waals surface area contributed by atoms with E-state index < -0.39 is 0 Å². The molecule has 1 amide bonds. The lowest BCUT2D eigenvalue weighted by Crippen LogP contribution is -2.48. The molecule has 3 heterocycles. The number of likely N-dealkylation sites (tertiary alicyclic amines) is 1. The second-order valence-electron chi connectivity index (χ2n) is 6.57. The van der Waals surface area contributed by atoms with Crippen LogP contribution in [0, 0.1) is 12.8 Å². The number of esters is 1. The number of aromatic nitrogens is 2. The van der Waals surface area contributed by atoms with Crippen LogP contribution in [0.2, 0.25) is 0 Å². The molecule has 0 aromatic carbocycles. The van der Waals surface area contributed by atoms with Gasteiger partial charge in [-0.1, -0.05) is 0 Å². The lowest BCUT2D eigenvalue weighted by atomic mass is 9.98. The normalized spacial score (nSPS) is 20.7. The van der Waals surface area contributed by atoms with Gasteiger partial charge in [0.25, 0.3) is 0 Å². The summed E-state index contributed by atoms with van der Waals surface area (Å²) >= 11 is 0. The average molecular weight is 334 g/mol. The van der Waals surface area contributed by atoms with Crippen LogP contribution in [-0.4, -0.2) is 59.3 Å². The molecule has 2 aliphatic rings. The van der Waals surface area contributed by atoms with Crippen molar-refractivity contribution in [2.24, 2.45) is 5.92 Å². The molecule has 24 heavy (non-hydrogen) atoms. The van der Waals surface area contributed by atoms with Gasteiger partial charge in [0.05, 0.1) is 24.8 Å². The Balaban J connectivity index is 1.62. The van der Waals surface area contributed by atoms with E-state index in [1.165, 1.54) is 0 Å². The van der Waals surface area contributed by atoms with Crippen molar-refractivity contribution in [1.29, 1.82) is 0 Å². The first kappa shape index (κ1) is 16.8. The standard InChI is InChI=1S/C17H26N4O3/c1-3-24-17(23)14-6-4-7-20(11-14)16(22)12-19-8-5-9-21-15(19)10-13(2)18-21/h10,14H,3-9,11-12H2,1-2H3/t14-/m0/s1. The highest BCUT2D eigenvalue weighted by Crippen LogP contribution is 2.23. The zero-order valence-corrected chi connectivity index (χ0v) is 14.5. The van der Waals surface area contributed by atoms with Crippen LogP contribution in [-0.2, 0) is 20.9 Å². The molecule has 0 bridgehead atoms. The summed E-state index contributed by atoms with van der Waals surface area (Å²) < 4.78 is 7.09.